The molecule has 0 saturated carbocycles. The molecule has 18 heavy (non-hydrogen) atoms. The second-order valence-electron chi connectivity index (χ2n) is 4.00. The van der Waals surface area contributed by atoms with Crippen LogP contribution in [0, 0.1) is 0 Å². The molecular formula is C13H16N4O. The second-order valence-corrected chi connectivity index (χ2v) is 4.00. The lowest BCUT2D eigenvalue weighted by Gasteiger charge is -2.13. The van der Waals surface area contributed by atoms with Gasteiger partial charge in [0.2, 0.25) is 5.88 Å². The van der Waals surface area contributed by atoms with Crippen LogP contribution in [0.1, 0.15) is 0 Å². The molecule has 0 aliphatic carbocycles. The predicted octanol–water partition coefficient (Wildman–Crippen LogP) is 2.23. The van der Waals surface area contributed by atoms with Gasteiger partial charge >= 0.3 is 0 Å². The van der Waals surface area contributed by atoms with Crippen LogP contribution in [0.3, 0.4) is 0 Å². The van der Waals surface area contributed by atoms with Crippen molar-refractivity contribution >= 4 is 11.5 Å². The van der Waals surface area contributed by atoms with Gasteiger partial charge in [0, 0.05) is 31.9 Å². The smallest absolute Gasteiger partial charge is 0.221 e. The first kappa shape index (κ1) is 12.2. The molecule has 0 atom stereocenters. The summed E-state index contributed by atoms with van der Waals surface area (Å²) < 4.78 is 5.68. The minimum Gasteiger partial charge on any atom is -0.439 e. The van der Waals surface area contributed by atoms with E-state index in [1.54, 1.807) is 12.1 Å². The molecule has 0 aliphatic rings. The van der Waals surface area contributed by atoms with Gasteiger partial charge in [0.25, 0.3) is 0 Å². The van der Waals surface area contributed by atoms with Crippen LogP contribution in [0.5, 0.6) is 11.6 Å². The van der Waals surface area contributed by atoms with Crippen LogP contribution < -0.4 is 20.9 Å². The number of aromatic nitrogens is 1. The lowest BCUT2D eigenvalue weighted by molar-refractivity contribution is 0.463. The van der Waals surface area contributed by atoms with Crippen LogP contribution in [-0.4, -0.2) is 19.1 Å². The number of hydrogen-bond acceptors (Lipinski definition) is 5. The fourth-order valence-corrected chi connectivity index (χ4v) is 1.50. The Balaban J connectivity index is 2.20. The second kappa shape index (κ2) is 5.37. The first-order valence-corrected chi connectivity index (χ1v) is 5.58. The molecule has 5 nitrogen and oxygen atoms in total. The topological polar surface area (TPSA) is 63.4 Å². The molecular weight excluding hydrogens is 228 g/mol. The van der Waals surface area contributed by atoms with Crippen LogP contribution in [0.25, 0.3) is 0 Å². The van der Waals surface area contributed by atoms with Gasteiger partial charge in [-0.05, 0) is 18.2 Å². The zero-order valence-corrected chi connectivity index (χ0v) is 10.4. The fourth-order valence-electron chi connectivity index (χ4n) is 1.50. The van der Waals surface area contributed by atoms with E-state index in [1.165, 1.54) is 0 Å². The van der Waals surface area contributed by atoms with Crippen molar-refractivity contribution < 1.29 is 4.74 Å². The van der Waals surface area contributed by atoms with E-state index < -0.39 is 0 Å². The summed E-state index contributed by atoms with van der Waals surface area (Å²) >= 11 is 0. The van der Waals surface area contributed by atoms with Crippen LogP contribution in [0.2, 0.25) is 0 Å². The maximum absolute atomic E-state index is 5.68. The molecule has 0 bridgehead atoms. The summed E-state index contributed by atoms with van der Waals surface area (Å²) in [5.74, 6) is 7.11. The summed E-state index contributed by atoms with van der Waals surface area (Å²) in [6, 6.07) is 13.2. The number of nitrogens with two attached hydrogens (primary N) is 1. The van der Waals surface area contributed by atoms with Crippen molar-refractivity contribution in [2.45, 2.75) is 0 Å². The molecule has 1 heterocycles. The predicted molar refractivity (Wildman–Crippen MR) is 72.9 cm³/mol. The van der Waals surface area contributed by atoms with Crippen LogP contribution in [0.4, 0.5) is 11.5 Å². The largest absolute Gasteiger partial charge is 0.439 e. The minimum atomic E-state index is 0.501. The van der Waals surface area contributed by atoms with Crippen molar-refractivity contribution in [1.29, 1.82) is 0 Å². The summed E-state index contributed by atoms with van der Waals surface area (Å²) in [4.78, 5) is 6.20. The van der Waals surface area contributed by atoms with Crippen molar-refractivity contribution in [3.05, 3.63) is 42.5 Å². The van der Waals surface area contributed by atoms with Gasteiger partial charge in [-0.1, -0.05) is 12.1 Å². The zero-order chi connectivity index (χ0) is 13.0. The lowest BCUT2D eigenvalue weighted by Crippen LogP contribution is -2.09. The standard InChI is InChI=1S/C13H16N4O/c1-17(2)10-5-3-6-11(9-10)18-13-8-4-7-12(15-13)16-14/h3-9H,14H2,1-2H3,(H,15,16). The Labute approximate surface area is 106 Å². The Kier molecular flexibility index (Phi) is 3.64. The Bertz CT molecular complexity index is 528. The normalized spacial score (nSPS) is 9.94. The van der Waals surface area contributed by atoms with E-state index in [4.69, 9.17) is 10.6 Å². The van der Waals surface area contributed by atoms with E-state index >= 15 is 0 Å². The van der Waals surface area contributed by atoms with Gasteiger partial charge in [-0.2, -0.15) is 4.98 Å². The summed E-state index contributed by atoms with van der Waals surface area (Å²) in [5.41, 5.74) is 3.55. The summed E-state index contributed by atoms with van der Waals surface area (Å²) in [7, 11) is 3.96. The molecule has 0 fully saturated rings. The van der Waals surface area contributed by atoms with E-state index in [1.807, 2.05) is 49.3 Å². The molecule has 5 heteroatoms. The van der Waals surface area contributed by atoms with Crippen LogP contribution in [-0.2, 0) is 0 Å². The Morgan fingerprint density at radius 1 is 1.17 bits per heavy atom. The first-order chi connectivity index (χ1) is 8.69. The number of ether oxygens (including phenoxy) is 1. The Morgan fingerprint density at radius 2 is 1.94 bits per heavy atom. The van der Waals surface area contributed by atoms with Gasteiger partial charge in [-0.25, -0.2) is 5.84 Å². The van der Waals surface area contributed by atoms with Crippen LogP contribution in [0.15, 0.2) is 42.5 Å². The monoisotopic (exact) mass is 244 g/mol. The zero-order valence-electron chi connectivity index (χ0n) is 10.4. The number of benzene rings is 1. The van der Waals surface area contributed by atoms with Crippen molar-refractivity contribution in [3.63, 3.8) is 0 Å². The highest BCUT2D eigenvalue weighted by molar-refractivity contribution is 5.50. The number of nitrogen functional groups attached to an aromatic ring is 1. The number of nitrogens with zero attached hydrogens (tertiary/aromatic N) is 2. The average Bonchev–Trinajstić information content (AvgIpc) is 2.39. The molecule has 1 aromatic carbocycles. The number of hydrazine groups is 1. The van der Waals surface area contributed by atoms with Gasteiger partial charge in [0.05, 0.1) is 0 Å². The summed E-state index contributed by atoms with van der Waals surface area (Å²) in [6.45, 7) is 0. The van der Waals surface area contributed by atoms with E-state index in [0.29, 0.717) is 11.7 Å². The molecule has 0 amide bonds. The van der Waals surface area contributed by atoms with Crippen molar-refractivity contribution in [2.24, 2.45) is 5.84 Å². The van der Waals surface area contributed by atoms with Crippen molar-refractivity contribution in [3.8, 4) is 11.6 Å². The molecule has 0 saturated heterocycles. The highest BCUT2D eigenvalue weighted by Gasteiger charge is 2.02. The number of hydrogen-bond donors (Lipinski definition) is 2. The molecule has 94 valence electrons. The first-order valence-electron chi connectivity index (χ1n) is 5.58. The fraction of sp³-hybridized carbons (Fsp3) is 0.154. The van der Waals surface area contributed by atoms with Gasteiger partial charge in [-0.3, -0.25) is 0 Å². The van der Waals surface area contributed by atoms with Crippen LogP contribution >= 0.6 is 0 Å². The van der Waals surface area contributed by atoms with Crippen molar-refractivity contribution in [1.82, 2.24) is 4.98 Å². The Hall–Kier alpha value is -2.27. The average molecular weight is 244 g/mol. The highest BCUT2D eigenvalue weighted by atomic mass is 16.5. The van der Waals surface area contributed by atoms with E-state index in [2.05, 4.69) is 10.4 Å². The third-order valence-corrected chi connectivity index (χ3v) is 2.43. The van der Waals surface area contributed by atoms with Crippen molar-refractivity contribution in [2.75, 3.05) is 24.4 Å². The molecule has 2 aromatic rings. The number of nitrogens with one attached hydrogen (secondary N) is 1. The maximum atomic E-state index is 5.68. The number of rotatable bonds is 4. The third-order valence-electron chi connectivity index (χ3n) is 2.43. The molecule has 1 aromatic heterocycles. The molecule has 0 aliphatic heterocycles. The van der Waals surface area contributed by atoms with E-state index in [-0.39, 0.29) is 0 Å². The Morgan fingerprint density at radius 3 is 2.67 bits per heavy atom. The van der Waals surface area contributed by atoms with Gasteiger partial charge in [0.1, 0.15) is 11.6 Å². The summed E-state index contributed by atoms with van der Waals surface area (Å²) in [5, 5.41) is 0. The maximum Gasteiger partial charge on any atom is 0.221 e. The molecule has 3 N–H and O–H groups in total. The highest BCUT2D eigenvalue weighted by Crippen LogP contribution is 2.24. The number of pyridine rings is 1. The number of anilines is 2. The minimum absolute atomic E-state index is 0.501. The third kappa shape index (κ3) is 2.89. The SMILES string of the molecule is CN(C)c1cccc(Oc2cccc(NN)n2)c1. The quantitative estimate of drug-likeness (QED) is 0.638. The van der Waals surface area contributed by atoms with E-state index in [9.17, 15) is 0 Å². The van der Waals surface area contributed by atoms with Gasteiger partial charge in [0.15, 0.2) is 0 Å². The van der Waals surface area contributed by atoms with E-state index in [0.717, 1.165) is 11.4 Å². The van der Waals surface area contributed by atoms with Gasteiger partial charge in [-0.15, -0.1) is 0 Å². The lowest BCUT2D eigenvalue weighted by atomic mass is 10.3. The molecule has 0 spiro atoms. The summed E-state index contributed by atoms with van der Waals surface area (Å²) in [6.07, 6.45) is 0. The van der Waals surface area contributed by atoms with Gasteiger partial charge < -0.3 is 15.1 Å². The molecule has 0 radical (unpaired) electrons. The molecule has 0 unspecified atom stereocenters. The molecule has 2 rings (SSSR count).